The van der Waals surface area contributed by atoms with E-state index in [1.165, 1.54) is 13.2 Å². The molecule has 6 nitrogen and oxygen atoms in total. The third kappa shape index (κ3) is 5.89. The minimum Gasteiger partial charge on any atom is -0.394 e. The molecule has 1 rings (SSSR count). The number of aliphatic hydroxyl groups excluding tert-OH is 1. The largest absolute Gasteiger partial charge is 0.416 e. The van der Waals surface area contributed by atoms with Crippen molar-refractivity contribution in [2.45, 2.75) is 18.6 Å². The van der Waals surface area contributed by atoms with Crippen LogP contribution < -0.4 is 15.5 Å². The Hall–Kier alpha value is -2.00. The molecule has 136 valence electrons. The van der Waals surface area contributed by atoms with Crippen molar-refractivity contribution < 1.29 is 27.8 Å². The van der Waals surface area contributed by atoms with Crippen molar-refractivity contribution in [2.24, 2.45) is 0 Å². The summed E-state index contributed by atoms with van der Waals surface area (Å²) in [4.78, 5) is 13.6. The van der Waals surface area contributed by atoms with Crippen molar-refractivity contribution >= 4 is 17.4 Å². The summed E-state index contributed by atoms with van der Waals surface area (Å²) >= 11 is 0. The predicted molar refractivity (Wildman–Crippen MR) is 85.3 cm³/mol. The van der Waals surface area contributed by atoms with E-state index in [1.54, 1.807) is 19.0 Å². The number of amides is 2. The van der Waals surface area contributed by atoms with E-state index >= 15 is 0 Å². The van der Waals surface area contributed by atoms with Crippen molar-refractivity contribution in [3.05, 3.63) is 23.8 Å². The standard InChI is InChI=1S/C15H22F3N3O3/c1-21(2)13-5-4-10(15(16,17)18)8-12(13)20-14(23)19-11(9-22)6-7-24-3/h4-5,8,11,22H,6-7,9H2,1-3H3,(H2,19,20,23)/t11-/m1/s1. The van der Waals surface area contributed by atoms with E-state index in [4.69, 9.17) is 4.74 Å². The highest BCUT2D eigenvalue weighted by atomic mass is 19.4. The molecule has 1 aromatic carbocycles. The maximum Gasteiger partial charge on any atom is 0.416 e. The topological polar surface area (TPSA) is 73.8 Å². The second kappa shape index (κ2) is 8.74. The Labute approximate surface area is 138 Å². The first kappa shape index (κ1) is 20.0. The first-order chi connectivity index (χ1) is 11.2. The molecule has 0 unspecified atom stereocenters. The van der Waals surface area contributed by atoms with Crippen molar-refractivity contribution in [3.8, 4) is 0 Å². The average Bonchev–Trinajstić information content (AvgIpc) is 2.50. The molecule has 24 heavy (non-hydrogen) atoms. The molecule has 0 bridgehead atoms. The SMILES string of the molecule is COCC[C@H](CO)NC(=O)Nc1cc(C(F)(F)F)ccc1N(C)C. The van der Waals surface area contributed by atoms with E-state index in [2.05, 4.69) is 10.6 Å². The van der Waals surface area contributed by atoms with Crippen molar-refractivity contribution in [1.82, 2.24) is 5.32 Å². The Morgan fingerprint density at radius 3 is 2.54 bits per heavy atom. The zero-order valence-corrected chi connectivity index (χ0v) is 13.8. The molecule has 1 aromatic rings. The smallest absolute Gasteiger partial charge is 0.394 e. The van der Waals surface area contributed by atoms with Crippen LogP contribution >= 0.6 is 0 Å². The van der Waals surface area contributed by atoms with Crippen LogP contribution in [-0.4, -0.2) is 51.6 Å². The first-order valence-corrected chi connectivity index (χ1v) is 7.25. The second-order valence-corrected chi connectivity index (χ2v) is 5.38. The van der Waals surface area contributed by atoms with Gasteiger partial charge in [-0.15, -0.1) is 0 Å². The van der Waals surface area contributed by atoms with E-state index in [-0.39, 0.29) is 12.3 Å². The first-order valence-electron chi connectivity index (χ1n) is 7.25. The van der Waals surface area contributed by atoms with Gasteiger partial charge in [0, 0.05) is 27.8 Å². The Bertz CT molecular complexity index is 551. The fourth-order valence-electron chi connectivity index (χ4n) is 2.02. The van der Waals surface area contributed by atoms with E-state index in [0.717, 1.165) is 12.1 Å². The third-order valence-corrected chi connectivity index (χ3v) is 3.28. The summed E-state index contributed by atoms with van der Waals surface area (Å²) in [5, 5.41) is 14.1. The lowest BCUT2D eigenvalue weighted by atomic mass is 10.1. The molecule has 0 saturated heterocycles. The van der Waals surface area contributed by atoms with Gasteiger partial charge in [-0.2, -0.15) is 13.2 Å². The van der Waals surface area contributed by atoms with E-state index in [0.29, 0.717) is 18.7 Å². The number of anilines is 2. The molecule has 0 aromatic heterocycles. The fourth-order valence-corrected chi connectivity index (χ4v) is 2.02. The number of carbonyl (C=O) groups excluding carboxylic acids is 1. The van der Waals surface area contributed by atoms with Gasteiger partial charge in [0.15, 0.2) is 0 Å². The second-order valence-electron chi connectivity index (χ2n) is 5.38. The van der Waals surface area contributed by atoms with Gasteiger partial charge in [-0.3, -0.25) is 0 Å². The molecule has 2 amide bonds. The Kier molecular flexibility index (Phi) is 7.30. The number of ether oxygens (including phenoxy) is 1. The lowest BCUT2D eigenvalue weighted by Gasteiger charge is -2.21. The van der Waals surface area contributed by atoms with Crippen LogP contribution in [0.3, 0.4) is 0 Å². The average molecular weight is 349 g/mol. The van der Waals surface area contributed by atoms with Crippen LogP contribution in [0.4, 0.5) is 29.3 Å². The maximum absolute atomic E-state index is 12.9. The zero-order chi connectivity index (χ0) is 18.3. The Morgan fingerprint density at radius 1 is 1.38 bits per heavy atom. The van der Waals surface area contributed by atoms with Crippen LogP contribution in [0.15, 0.2) is 18.2 Å². The van der Waals surface area contributed by atoms with Gasteiger partial charge < -0.3 is 25.4 Å². The van der Waals surface area contributed by atoms with Crippen LogP contribution in [0.2, 0.25) is 0 Å². The summed E-state index contributed by atoms with van der Waals surface area (Å²) < 4.78 is 43.4. The molecular formula is C15H22F3N3O3. The molecule has 3 N–H and O–H groups in total. The lowest BCUT2D eigenvalue weighted by Crippen LogP contribution is -2.41. The molecule has 0 fully saturated rings. The maximum atomic E-state index is 12.9. The number of hydrogen-bond donors (Lipinski definition) is 3. The predicted octanol–water partition coefficient (Wildman–Crippen LogP) is 2.29. The van der Waals surface area contributed by atoms with Crippen LogP contribution in [0.25, 0.3) is 0 Å². The molecule has 0 radical (unpaired) electrons. The number of nitrogens with one attached hydrogen (secondary N) is 2. The highest BCUT2D eigenvalue weighted by Crippen LogP contribution is 2.34. The van der Waals surface area contributed by atoms with Gasteiger partial charge in [0.2, 0.25) is 0 Å². The minimum atomic E-state index is -4.51. The van der Waals surface area contributed by atoms with E-state index < -0.39 is 23.8 Å². The number of urea groups is 1. The molecule has 0 heterocycles. The van der Waals surface area contributed by atoms with E-state index in [1.807, 2.05) is 0 Å². The van der Waals surface area contributed by atoms with Crippen molar-refractivity contribution in [3.63, 3.8) is 0 Å². The van der Waals surface area contributed by atoms with Gasteiger partial charge in [0.25, 0.3) is 0 Å². The lowest BCUT2D eigenvalue weighted by molar-refractivity contribution is -0.137. The van der Waals surface area contributed by atoms with Gasteiger partial charge in [0.05, 0.1) is 29.6 Å². The van der Waals surface area contributed by atoms with Gasteiger partial charge in [-0.1, -0.05) is 0 Å². The zero-order valence-electron chi connectivity index (χ0n) is 13.8. The third-order valence-electron chi connectivity index (χ3n) is 3.28. The number of methoxy groups -OCH3 is 1. The summed E-state index contributed by atoms with van der Waals surface area (Å²) in [5.74, 6) is 0. The summed E-state index contributed by atoms with van der Waals surface area (Å²) in [5.41, 5.74) is -0.409. The number of aliphatic hydroxyl groups is 1. The Balaban J connectivity index is 2.92. The van der Waals surface area contributed by atoms with Gasteiger partial charge >= 0.3 is 12.2 Å². The number of benzene rings is 1. The summed E-state index contributed by atoms with van der Waals surface area (Å²) in [7, 11) is 4.79. The number of halogens is 3. The van der Waals surface area contributed by atoms with Crippen molar-refractivity contribution in [1.29, 1.82) is 0 Å². The van der Waals surface area contributed by atoms with Crippen LogP contribution in [0, 0.1) is 0 Å². The summed E-state index contributed by atoms with van der Waals surface area (Å²) in [6.45, 7) is 0.0257. The number of hydrogen-bond acceptors (Lipinski definition) is 4. The van der Waals surface area contributed by atoms with Crippen LogP contribution in [0.5, 0.6) is 0 Å². The monoisotopic (exact) mass is 349 g/mol. The summed E-state index contributed by atoms with van der Waals surface area (Å²) in [6, 6.07) is 1.85. The van der Waals surface area contributed by atoms with Gasteiger partial charge in [-0.25, -0.2) is 4.79 Å². The molecule has 1 atom stereocenters. The normalized spacial score (nSPS) is 12.6. The number of carbonyl (C=O) groups is 1. The van der Waals surface area contributed by atoms with E-state index in [9.17, 15) is 23.1 Å². The number of rotatable bonds is 7. The summed E-state index contributed by atoms with van der Waals surface area (Å²) in [6.07, 6.45) is -4.13. The number of alkyl halides is 3. The molecule has 0 spiro atoms. The highest BCUT2D eigenvalue weighted by molar-refractivity contribution is 5.93. The molecular weight excluding hydrogens is 327 g/mol. The van der Waals surface area contributed by atoms with Crippen LogP contribution in [0.1, 0.15) is 12.0 Å². The molecule has 0 aliphatic heterocycles. The molecule has 0 saturated carbocycles. The van der Waals surface area contributed by atoms with Gasteiger partial charge in [-0.05, 0) is 24.6 Å². The molecule has 0 aliphatic rings. The quantitative estimate of drug-likeness (QED) is 0.706. The number of nitrogens with zero attached hydrogens (tertiary/aromatic N) is 1. The van der Waals surface area contributed by atoms with Crippen molar-refractivity contribution in [2.75, 3.05) is 44.6 Å². The molecule has 0 aliphatic carbocycles. The van der Waals surface area contributed by atoms with Gasteiger partial charge in [0.1, 0.15) is 0 Å². The highest BCUT2D eigenvalue weighted by Gasteiger charge is 2.31. The minimum absolute atomic E-state index is 0.0238. The molecule has 9 heteroatoms. The fraction of sp³-hybridized carbons (Fsp3) is 0.533. The van der Waals surface area contributed by atoms with Crippen LogP contribution in [-0.2, 0) is 10.9 Å². The Morgan fingerprint density at radius 2 is 2.04 bits per heavy atom.